The molecule has 38 heavy (non-hydrogen) atoms. The van der Waals surface area contributed by atoms with Crippen LogP contribution in [0.25, 0.3) is 11.0 Å². The first-order valence-corrected chi connectivity index (χ1v) is 14.0. The molecular weight excluding hydrogens is 476 g/mol. The Morgan fingerprint density at radius 1 is 1.11 bits per heavy atom. The van der Waals surface area contributed by atoms with Crippen LogP contribution in [0.15, 0.2) is 48.8 Å². The molecule has 1 aliphatic carbocycles. The first-order valence-electron chi connectivity index (χ1n) is 14.0. The van der Waals surface area contributed by atoms with Crippen LogP contribution < -0.4 is 5.32 Å². The van der Waals surface area contributed by atoms with Crippen molar-refractivity contribution in [2.24, 2.45) is 11.8 Å². The molecule has 2 fully saturated rings. The van der Waals surface area contributed by atoms with E-state index >= 15 is 0 Å². The molecule has 0 spiro atoms. The quantitative estimate of drug-likeness (QED) is 0.435. The predicted molar refractivity (Wildman–Crippen MR) is 148 cm³/mol. The molecule has 1 saturated heterocycles. The van der Waals surface area contributed by atoms with E-state index in [0.717, 1.165) is 49.7 Å². The SMILES string of the molecule is CC(C)CN(CC(C)C)C(C(=O)N[C@@]12CCC[C@@H]1N(C(=O)c1cnc3[nH]ncc3c1)CC2)c1ccccc1. The maximum atomic E-state index is 14.2. The van der Waals surface area contributed by atoms with Gasteiger partial charge in [0.05, 0.1) is 23.3 Å². The number of amides is 2. The number of H-pyrrole nitrogens is 1. The summed E-state index contributed by atoms with van der Waals surface area (Å²) in [6.45, 7) is 11.1. The first-order chi connectivity index (χ1) is 18.3. The van der Waals surface area contributed by atoms with E-state index in [-0.39, 0.29) is 23.9 Å². The molecule has 3 atom stereocenters. The van der Waals surface area contributed by atoms with Crippen LogP contribution in [0.3, 0.4) is 0 Å². The number of nitrogens with zero attached hydrogens (tertiary/aromatic N) is 4. The van der Waals surface area contributed by atoms with Crippen LogP contribution in [0.2, 0.25) is 0 Å². The van der Waals surface area contributed by atoms with Gasteiger partial charge >= 0.3 is 0 Å². The fraction of sp³-hybridized carbons (Fsp3) is 0.533. The molecule has 0 bridgehead atoms. The van der Waals surface area contributed by atoms with Crippen LogP contribution in [-0.4, -0.2) is 68.0 Å². The molecule has 3 aromatic rings. The topological polar surface area (TPSA) is 94.2 Å². The van der Waals surface area contributed by atoms with Crippen LogP contribution in [0.4, 0.5) is 0 Å². The lowest BCUT2D eigenvalue weighted by Gasteiger charge is -2.38. The van der Waals surface area contributed by atoms with E-state index in [1.54, 1.807) is 12.4 Å². The summed E-state index contributed by atoms with van der Waals surface area (Å²) in [5, 5.41) is 11.2. The van der Waals surface area contributed by atoms with Crippen LogP contribution in [0.1, 0.15) is 75.3 Å². The molecule has 2 aromatic heterocycles. The number of carbonyl (C=O) groups is 2. The minimum absolute atomic E-state index is 0.0148. The average molecular weight is 517 g/mol. The van der Waals surface area contributed by atoms with Gasteiger partial charge in [0.15, 0.2) is 5.65 Å². The summed E-state index contributed by atoms with van der Waals surface area (Å²) in [5.41, 5.74) is 1.86. The van der Waals surface area contributed by atoms with Crippen molar-refractivity contribution in [2.45, 2.75) is 71.0 Å². The van der Waals surface area contributed by atoms with Crippen molar-refractivity contribution < 1.29 is 9.59 Å². The second kappa shape index (κ2) is 10.8. The number of likely N-dealkylation sites (tertiary alicyclic amines) is 1. The van der Waals surface area contributed by atoms with Crippen LogP contribution in [0.5, 0.6) is 0 Å². The summed E-state index contributed by atoms with van der Waals surface area (Å²) in [4.78, 5) is 36.5. The van der Waals surface area contributed by atoms with Crippen molar-refractivity contribution in [1.82, 2.24) is 30.3 Å². The number of benzene rings is 1. The molecule has 5 rings (SSSR count). The number of hydrogen-bond acceptors (Lipinski definition) is 5. The number of aromatic amines is 1. The zero-order valence-corrected chi connectivity index (χ0v) is 23.0. The standard InChI is InChI=1S/C30H40N6O2/c1-20(2)18-35(19-21(3)4)26(22-9-6-5-7-10-22)28(37)33-30-12-8-11-25(30)36(14-13-30)29(38)24-15-23-17-32-34-27(23)31-16-24/h5-7,9-10,15-17,20-21,25-26H,8,11-14,18-19H2,1-4H3,(H,33,37)(H,31,32,34)/t25-,26?,30+/m0/s1. The van der Waals surface area contributed by atoms with E-state index in [1.165, 1.54) is 0 Å². The predicted octanol–water partition coefficient (Wildman–Crippen LogP) is 4.57. The van der Waals surface area contributed by atoms with Crippen molar-refractivity contribution in [3.8, 4) is 0 Å². The van der Waals surface area contributed by atoms with Gasteiger partial charge in [-0.3, -0.25) is 19.6 Å². The van der Waals surface area contributed by atoms with Crippen LogP contribution >= 0.6 is 0 Å². The van der Waals surface area contributed by atoms with E-state index < -0.39 is 5.54 Å². The third-order valence-corrected chi connectivity index (χ3v) is 8.01. The van der Waals surface area contributed by atoms with Gasteiger partial charge < -0.3 is 10.2 Å². The van der Waals surface area contributed by atoms with E-state index in [2.05, 4.69) is 65.2 Å². The molecule has 202 valence electrons. The van der Waals surface area contributed by atoms with E-state index in [0.29, 0.717) is 29.6 Å². The monoisotopic (exact) mass is 516 g/mol. The van der Waals surface area contributed by atoms with Crippen molar-refractivity contribution in [2.75, 3.05) is 19.6 Å². The fourth-order valence-corrected chi connectivity index (χ4v) is 6.55. The highest BCUT2D eigenvalue weighted by molar-refractivity contribution is 5.97. The molecule has 1 aromatic carbocycles. The molecule has 0 radical (unpaired) electrons. The number of hydrogen-bond donors (Lipinski definition) is 2. The molecule has 1 saturated carbocycles. The molecule has 2 N–H and O–H groups in total. The second-order valence-corrected chi connectivity index (χ2v) is 11.9. The van der Waals surface area contributed by atoms with Crippen molar-refractivity contribution in [3.05, 3.63) is 59.9 Å². The molecule has 8 heteroatoms. The maximum absolute atomic E-state index is 14.2. The lowest BCUT2D eigenvalue weighted by molar-refractivity contribution is -0.129. The van der Waals surface area contributed by atoms with Crippen molar-refractivity contribution in [3.63, 3.8) is 0 Å². The van der Waals surface area contributed by atoms with Crippen molar-refractivity contribution in [1.29, 1.82) is 0 Å². The number of nitrogens with one attached hydrogen (secondary N) is 2. The Balaban J connectivity index is 1.40. The highest BCUT2D eigenvalue weighted by Crippen LogP contribution is 2.43. The highest BCUT2D eigenvalue weighted by Gasteiger charge is 2.53. The first kappa shape index (κ1) is 26.4. The number of fused-ring (bicyclic) bond motifs is 2. The molecule has 3 heterocycles. The Morgan fingerprint density at radius 2 is 1.84 bits per heavy atom. The Hall–Kier alpha value is -3.26. The summed E-state index contributed by atoms with van der Waals surface area (Å²) in [5.74, 6) is 0.890. The Labute approximate surface area is 225 Å². The summed E-state index contributed by atoms with van der Waals surface area (Å²) in [7, 11) is 0. The van der Waals surface area contributed by atoms with Gasteiger partial charge in [-0.2, -0.15) is 5.10 Å². The Morgan fingerprint density at radius 3 is 2.55 bits per heavy atom. The smallest absolute Gasteiger partial charge is 0.255 e. The molecule has 2 amide bonds. The summed E-state index contributed by atoms with van der Waals surface area (Å²) in [6, 6.07) is 11.6. The highest BCUT2D eigenvalue weighted by atomic mass is 16.2. The Bertz CT molecular complexity index is 1260. The molecule has 1 aliphatic heterocycles. The van der Waals surface area contributed by atoms with E-state index in [9.17, 15) is 9.59 Å². The summed E-state index contributed by atoms with van der Waals surface area (Å²) in [6.07, 6.45) is 6.86. The minimum atomic E-state index is -0.395. The van der Waals surface area contributed by atoms with Crippen LogP contribution in [-0.2, 0) is 4.79 Å². The zero-order chi connectivity index (χ0) is 26.9. The third-order valence-electron chi connectivity index (χ3n) is 8.01. The van der Waals surface area contributed by atoms with Gasteiger partial charge in [-0.15, -0.1) is 0 Å². The normalized spacial score (nSPS) is 22.0. The number of rotatable bonds is 9. The van der Waals surface area contributed by atoms with Crippen LogP contribution in [0, 0.1) is 11.8 Å². The van der Waals surface area contributed by atoms with E-state index in [4.69, 9.17) is 0 Å². The van der Waals surface area contributed by atoms with Crippen molar-refractivity contribution >= 4 is 22.8 Å². The van der Waals surface area contributed by atoms with Gasteiger partial charge in [0.25, 0.3) is 5.91 Å². The minimum Gasteiger partial charge on any atom is -0.347 e. The zero-order valence-electron chi connectivity index (χ0n) is 23.0. The lowest BCUT2D eigenvalue weighted by Crippen LogP contribution is -2.57. The molecule has 8 nitrogen and oxygen atoms in total. The number of pyridine rings is 1. The van der Waals surface area contributed by atoms with Gasteiger partial charge in [0.1, 0.15) is 6.04 Å². The van der Waals surface area contributed by atoms with Gasteiger partial charge in [0.2, 0.25) is 5.91 Å². The lowest BCUT2D eigenvalue weighted by atomic mass is 9.91. The second-order valence-electron chi connectivity index (χ2n) is 11.9. The summed E-state index contributed by atoms with van der Waals surface area (Å²) < 4.78 is 0. The molecule has 2 aliphatic rings. The van der Waals surface area contributed by atoms with E-state index in [1.807, 2.05) is 29.2 Å². The Kier molecular flexibility index (Phi) is 7.52. The largest absolute Gasteiger partial charge is 0.347 e. The summed E-state index contributed by atoms with van der Waals surface area (Å²) >= 11 is 0. The fourth-order valence-electron chi connectivity index (χ4n) is 6.55. The van der Waals surface area contributed by atoms with Gasteiger partial charge in [0, 0.05) is 31.2 Å². The molecular formula is C30H40N6O2. The van der Waals surface area contributed by atoms with Gasteiger partial charge in [-0.1, -0.05) is 58.0 Å². The number of aromatic nitrogens is 3. The maximum Gasteiger partial charge on any atom is 0.255 e. The number of carbonyl (C=O) groups excluding carboxylic acids is 2. The molecule has 1 unspecified atom stereocenters. The van der Waals surface area contributed by atoms with Gasteiger partial charge in [-0.05, 0) is 49.1 Å². The third kappa shape index (κ3) is 5.19. The average Bonchev–Trinajstić information content (AvgIpc) is 3.58. The van der Waals surface area contributed by atoms with Gasteiger partial charge in [-0.25, -0.2) is 4.98 Å².